The lowest BCUT2D eigenvalue weighted by Gasteiger charge is -2.32. The minimum absolute atomic E-state index is 0.196. The van der Waals surface area contributed by atoms with E-state index in [9.17, 15) is 15.0 Å². The third-order valence-corrected chi connectivity index (χ3v) is 4.04. The maximum absolute atomic E-state index is 11.4. The number of fused-ring (bicyclic) bond motifs is 1. The number of imidazole rings is 1. The SMILES string of the molecule is CCc1nc2cccc(C(=O)O)c2n1CC1CC(O)C1. The summed E-state index contributed by atoms with van der Waals surface area (Å²) < 4.78 is 2.02. The van der Waals surface area contributed by atoms with Crippen molar-refractivity contribution in [2.45, 2.75) is 38.8 Å². The minimum Gasteiger partial charge on any atom is -0.478 e. The van der Waals surface area contributed by atoms with Gasteiger partial charge in [0, 0.05) is 13.0 Å². The molecule has 20 heavy (non-hydrogen) atoms. The van der Waals surface area contributed by atoms with Crippen molar-refractivity contribution in [2.75, 3.05) is 0 Å². The van der Waals surface area contributed by atoms with Crippen LogP contribution in [0.1, 0.15) is 35.9 Å². The number of carbonyl (C=O) groups is 1. The molecular weight excluding hydrogens is 256 g/mol. The molecule has 0 amide bonds. The van der Waals surface area contributed by atoms with E-state index in [4.69, 9.17) is 0 Å². The number of para-hydroxylation sites is 1. The molecule has 0 bridgehead atoms. The fourth-order valence-corrected chi connectivity index (χ4v) is 2.98. The zero-order valence-electron chi connectivity index (χ0n) is 11.4. The number of aliphatic hydroxyl groups excluding tert-OH is 1. The number of carboxylic acids is 1. The zero-order valence-corrected chi connectivity index (χ0v) is 11.4. The van der Waals surface area contributed by atoms with Gasteiger partial charge in [-0.15, -0.1) is 0 Å². The summed E-state index contributed by atoms with van der Waals surface area (Å²) in [5.41, 5.74) is 1.74. The van der Waals surface area contributed by atoms with Gasteiger partial charge in [-0.1, -0.05) is 13.0 Å². The Bertz CT molecular complexity index is 656. The summed E-state index contributed by atoms with van der Waals surface area (Å²) in [7, 11) is 0. The van der Waals surface area contributed by atoms with Gasteiger partial charge in [0.25, 0.3) is 0 Å². The van der Waals surface area contributed by atoms with Gasteiger partial charge in [-0.2, -0.15) is 0 Å². The summed E-state index contributed by atoms with van der Waals surface area (Å²) in [5, 5.41) is 18.8. The third kappa shape index (κ3) is 2.08. The van der Waals surface area contributed by atoms with Crippen LogP contribution in [0.15, 0.2) is 18.2 Å². The monoisotopic (exact) mass is 274 g/mol. The van der Waals surface area contributed by atoms with Gasteiger partial charge in [0.05, 0.1) is 22.7 Å². The second kappa shape index (κ2) is 4.90. The maximum Gasteiger partial charge on any atom is 0.337 e. The lowest BCUT2D eigenvalue weighted by atomic mass is 9.82. The molecule has 5 heteroatoms. The number of aromatic carboxylic acids is 1. The molecule has 106 valence electrons. The van der Waals surface area contributed by atoms with Crippen LogP contribution in [0.25, 0.3) is 11.0 Å². The highest BCUT2D eigenvalue weighted by molar-refractivity contribution is 6.01. The second-order valence-electron chi connectivity index (χ2n) is 5.46. The van der Waals surface area contributed by atoms with Gasteiger partial charge < -0.3 is 14.8 Å². The molecule has 1 saturated carbocycles. The number of carboxylic acid groups (broad SMARTS) is 1. The average Bonchev–Trinajstić information content (AvgIpc) is 2.74. The molecule has 2 N–H and O–H groups in total. The quantitative estimate of drug-likeness (QED) is 0.895. The number of aryl methyl sites for hydroxylation is 1. The van der Waals surface area contributed by atoms with Gasteiger partial charge in [0.15, 0.2) is 0 Å². The van der Waals surface area contributed by atoms with Crippen LogP contribution in [-0.4, -0.2) is 31.8 Å². The Morgan fingerprint density at radius 2 is 2.20 bits per heavy atom. The normalized spacial score (nSPS) is 21.9. The van der Waals surface area contributed by atoms with Crippen molar-refractivity contribution in [1.29, 1.82) is 0 Å². The van der Waals surface area contributed by atoms with Crippen molar-refractivity contribution in [2.24, 2.45) is 5.92 Å². The first-order chi connectivity index (χ1) is 9.60. The Morgan fingerprint density at radius 1 is 1.45 bits per heavy atom. The first kappa shape index (κ1) is 13.1. The van der Waals surface area contributed by atoms with E-state index in [0.717, 1.165) is 37.1 Å². The third-order valence-electron chi connectivity index (χ3n) is 4.04. The van der Waals surface area contributed by atoms with Crippen molar-refractivity contribution >= 4 is 17.0 Å². The molecule has 1 aliphatic rings. The lowest BCUT2D eigenvalue weighted by molar-refractivity contribution is 0.0353. The molecule has 0 unspecified atom stereocenters. The summed E-state index contributed by atoms with van der Waals surface area (Å²) >= 11 is 0. The zero-order chi connectivity index (χ0) is 14.3. The highest BCUT2D eigenvalue weighted by atomic mass is 16.4. The molecule has 1 aromatic carbocycles. The highest BCUT2D eigenvalue weighted by Gasteiger charge is 2.29. The van der Waals surface area contributed by atoms with E-state index in [1.54, 1.807) is 12.1 Å². The van der Waals surface area contributed by atoms with Crippen LogP contribution in [0.5, 0.6) is 0 Å². The number of hydrogen-bond acceptors (Lipinski definition) is 3. The maximum atomic E-state index is 11.4. The van der Waals surface area contributed by atoms with Crippen molar-refractivity contribution in [1.82, 2.24) is 9.55 Å². The molecule has 1 fully saturated rings. The number of aliphatic hydroxyl groups is 1. The van der Waals surface area contributed by atoms with Crippen LogP contribution in [0.2, 0.25) is 0 Å². The van der Waals surface area contributed by atoms with Crippen LogP contribution in [0, 0.1) is 5.92 Å². The smallest absolute Gasteiger partial charge is 0.337 e. The van der Waals surface area contributed by atoms with Crippen LogP contribution in [0.4, 0.5) is 0 Å². The second-order valence-corrected chi connectivity index (χ2v) is 5.46. The van der Waals surface area contributed by atoms with E-state index >= 15 is 0 Å². The Balaban J connectivity index is 2.09. The van der Waals surface area contributed by atoms with E-state index in [1.165, 1.54) is 0 Å². The Morgan fingerprint density at radius 3 is 2.80 bits per heavy atom. The fourth-order valence-electron chi connectivity index (χ4n) is 2.98. The van der Waals surface area contributed by atoms with Crippen LogP contribution >= 0.6 is 0 Å². The fraction of sp³-hybridized carbons (Fsp3) is 0.467. The Hall–Kier alpha value is -1.88. The van der Waals surface area contributed by atoms with Crippen molar-refractivity contribution in [3.63, 3.8) is 0 Å². The molecule has 0 saturated heterocycles. The van der Waals surface area contributed by atoms with Gasteiger partial charge in [-0.3, -0.25) is 0 Å². The van der Waals surface area contributed by atoms with Gasteiger partial charge >= 0.3 is 5.97 Å². The number of nitrogens with zero attached hydrogens (tertiary/aromatic N) is 2. The summed E-state index contributed by atoms with van der Waals surface area (Å²) in [4.78, 5) is 15.9. The molecule has 1 aliphatic carbocycles. The summed E-state index contributed by atoms with van der Waals surface area (Å²) in [6.07, 6.45) is 2.15. The Labute approximate surface area is 116 Å². The highest BCUT2D eigenvalue weighted by Crippen LogP contribution is 2.31. The molecular formula is C15H18N2O3. The number of rotatable bonds is 4. The predicted molar refractivity (Wildman–Crippen MR) is 74.8 cm³/mol. The van der Waals surface area contributed by atoms with Crippen molar-refractivity contribution in [3.8, 4) is 0 Å². The summed E-state index contributed by atoms with van der Waals surface area (Å²) in [6.45, 7) is 2.76. The largest absolute Gasteiger partial charge is 0.478 e. The van der Waals surface area contributed by atoms with Crippen LogP contribution in [0.3, 0.4) is 0 Å². The molecule has 1 aromatic heterocycles. The van der Waals surface area contributed by atoms with Crippen LogP contribution < -0.4 is 0 Å². The van der Waals surface area contributed by atoms with E-state index in [-0.39, 0.29) is 6.10 Å². The average molecular weight is 274 g/mol. The van der Waals surface area contributed by atoms with Crippen molar-refractivity contribution < 1.29 is 15.0 Å². The number of aromatic nitrogens is 2. The topological polar surface area (TPSA) is 75.3 Å². The van der Waals surface area contributed by atoms with Gasteiger partial charge in [-0.25, -0.2) is 9.78 Å². The molecule has 5 nitrogen and oxygen atoms in total. The van der Waals surface area contributed by atoms with E-state index in [2.05, 4.69) is 4.98 Å². The van der Waals surface area contributed by atoms with Gasteiger partial charge in [0.2, 0.25) is 0 Å². The predicted octanol–water partition coefficient (Wildman–Crippen LogP) is 2.07. The van der Waals surface area contributed by atoms with E-state index < -0.39 is 5.97 Å². The first-order valence-electron chi connectivity index (χ1n) is 6.99. The van der Waals surface area contributed by atoms with Crippen molar-refractivity contribution in [3.05, 3.63) is 29.6 Å². The minimum atomic E-state index is -0.923. The van der Waals surface area contributed by atoms with Gasteiger partial charge in [0.1, 0.15) is 5.82 Å². The number of hydrogen-bond donors (Lipinski definition) is 2. The lowest BCUT2D eigenvalue weighted by Crippen LogP contribution is -2.32. The van der Waals surface area contributed by atoms with Gasteiger partial charge in [-0.05, 0) is 30.9 Å². The molecule has 0 radical (unpaired) electrons. The van der Waals surface area contributed by atoms with E-state index in [0.29, 0.717) is 17.0 Å². The molecule has 2 aromatic rings. The first-order valence-corrected chi connectivity index (χ1v) is 6.99. The molecule has 0 spiro atoms. The summed E-state index contributed by atoms with van der Waals surface area (Å²) in [6, 6.07) is 5.21. The Kier molecular flexibility index (Phi) is 3.22. The standard InChI is InChI=1S/C15H18N2O3/c1-2-13-16-12-5-3-4-11(15(19)20)14(12)17(13)8-9-6-10(18)7-9/h3-5,9-10,18H,2,6-8H2,1H3,(H,19,20). The number of benzene rings is 1. The van der Waals surface area contributed by atoms with Crippen LogP contribution in [-0.2, 0) is 13.0 Å². The molecule has 0 atom stereocenters. The molecule has 1 heterocycles. The molecule has 0 aliphatic heterocycles. The van der Waals surface area contributed by atoms with E-state index in [1.807, 2.05) is 17.6 Å². The molecule has 3 rings (SSSR count). The summed E-state index contributed by atoms with van der Waals surface area (Å²) in [5.74, 6) is 0.401.